The van der Waals surface area contributed by atoms with Crippen molar-refractivity contribution in [3.8, 4) is 5.75 Å². The third-order valence-corrected chi connectivity index (χ3v) is 3.98. The molecule has 0 spiro atoms. The lowest BCUT2D eigenvalue weighted by Gasteiger charge is -2.15. The number of carbonyl (C=O) groups is 1. The maximum atomic E-state index is 12.3. The fourth-order valence-corrected chi connectivity index (χ4v) is 2.67. The van der Waals surface area contributed by atoms with E-state index < -0.39 is 0 Å². The molecule has 0 aliphatic carbocycles. The maximum Gasteiger partial charge on any atom is 0.258 e. The molecule has 1 heterocycles. The average Bonchev–Trinajstić information content (AvgIpc) is 2.65. The molecule has 0 bridgehead atoms. The van der Waals surface area contributed by atoms with Crippen LogP contribution in [0.1, 0.15) is 24.2 Å². The molecule has 0 atom stereocenters. The summed E-state index contributed by atoms with van der Waals surface area (Å²) in [6.45, 7) is 3.96. The molecule has 0 fully saturated rings. The van der Waals surface area contributed by atoms with Crippen LogP contribution < -0.4 is 15.4 Å². The highest BCUT2D eigenvalue weighted by molar-refractivity contribution is 6.34. The molecular weight excluding hydrogens is 362 g/mol. The highest BCUT2D eigenvalue weighted by Gasteiger charge is 2.11. The Morgan fingerprint density at radius 2 is 1.78 bits per heavy atom. The van der Waals surface area contributed by atoms with E-state index in [2.05, 4.69) is 15.6 Å². The van der Waals surface area contributed by atoms with E-state index in [1.165, 1.54) is 0 Å². The molecule has 6 heteroatoms. The van der Waals surface area contributed by atoms with Crippen LogP contribution in [0.2, 0.25) is 5.02 Å². The van der Waals surface area contributed by atoms with Gasteiger partial charge >= 0.3 is 0 Å². The van der Waals surface area contributed by atoms with E-state index >= 15 is 0 Å². The third kappa shape index (κ3) is 4.99. The van der Waals surface area contributed by atoms with Crippen LogP contribution in [-0.4, -0.2) is 17.0 Å². The number of rotatable bonds is 6. The van der Waals surface area contributed by atoms with Gasteiger partial charge in [-0.05, 0) is 50.2 Å². The van der Waals surface area contributed by atoms with Crippen molar-refractivity contribution in [2.75, 3.05) is 10.6 Å². The summed E-state index contributed by atoms with van der Waals surface area (Å²) in [6, 6.07) is 18.1. The van der Waals surface area contributed by atoms with Crippen molar-refractivity contribution in [2.45, 2.75) is 20.0 Å². The first-order chi connectivity index (χ1) is 13.0. The van der Waals surface area contributed by atoms with Crippen molar-refractivity contribution in [3.05, 3.63) is 77.4 Å². The molecule has 0 radical (unpaired) electrons. The Bertz CT molecular complexity index is 927. The molecule has 1 amide bonds. The molecule has 0 aliphatic heterocycles. The summed E-state index contributed by atoms with van der Waals surface area (Å²) in [5, 5.41) is 6.42. The first-order valence-corrected chi connectivity index (χ1v) is 8.95. The van der Waals surface area contributed by atoms with Crippen molar-refractivity contribution < 1.29 is 9.53 Å². The van der Waals surface area contributed by atoms with Crippen LogP contribution in [0.25, 0.3) is 0 Å². The third-order valence-electron chi connectivity index (χ3n) is 3.65. The molecule has 0 saturated carbocycles. The standard InChI is InChI=1S/C21H20ClN3O2/c1-14(2)27-19-10-6-5-9-18(19)24-15-11-12-20(23-13-15)25-21(26)16-7-3-4-8-17(16)22/h3-14,24H,1-2H3,(H,23,25,26). The van der Waals surface area contributed by atoms with Crippen molar-refractivity contribution in [3.63, 3.8) is 0 Å². The Labute approximate surface area is 163 Å². The summed E-state index contributed by atoms with van der Waals surface area (Å²) in [6.07, 6.45) is 1.72. The van der Waals surface area contributed by atoms with Crippen molar-refractivity contribution in [2.24, 2.45) is 0 Å². The summed E-state index contributed by atoms with van der Waals surface area (Å²) in [5.74, 6) is 0.908. The zero-order chi connectivity index (χ0) is 19.2. The predicted molar refractivity (Wildman–Crippen MR) is 109 cm³/mol. The molecule has 5 nitrogen and oxygen atoms in total. The van der Waals surface area contributed by atoms with Gasteiger partial charge in [-0.2, -0.15) is 0 Å². The molecule has 0 saturated heterocycles. The van der Waals surface area contributed by atoms with Gasteiger partial charge < -0.3 is 15.4 Å². The van der Waals surface area contributed by atoms with Crippen LogP contribution in [0, 0.1) is 0 Å². The Morgan fingerprint density at radius 1 is 1.04 bits per heavy atom. The molecule has 3 rings (SSSR count). The van der Waals surface area contributed by atoms with Crippen LogP contribution in [0.5, 0.6) is 5.75 Å². The van der Waals surface area contributed by atoms with E-state index in [9.17, 15) is 4.79 Å². The highest BCUT2D eigenvalue weighted by Crippen LogP contribution is 2.28. The van der Waals surface area contributed by atoms with Crippen molar-refractivity contribution in [1.82, 2.24) is 4.98 Å². The van der Waals surface area contributed by atoms with Gasteiger partial charge in [-0.15, -0.1) is 0 Å². The molecular formula is C21H20ClN3O2. The lowest BCUT2D eigenvalue weighted by molar-refractivity contribution is 0.102. The van der Waals surface area contributed by atoms with Gasteiger partial charge in [0.1, 0.15) is 11.6 Å². The number of aromatic nitrogens is 1. The highest BCUT2D eigenvalue weighted by atomic mass is 35.5. The van der Waals surface area contributed by atoms with Gasteiger partial charge in [-0.25, -0.2) is 4.98 Å². The largest absolute Gasteiger partial charge is 0.489 e. The number of carbonyl (C=O) groups excluding carboxylic acids is 1. The second kappa shape index (κ2) is 8.56. The number of para-hydroxylation sites is 2. The van der Waals surface area contributed by atoms with Crippen LogP contribution in [0.3, 0.4) is 0 Å². The monoisotopic (exact) mass is 381 g/mol. The second-order valence-electron chi connectivity index (χ2n) is 6.15. The summed E-state index contributed by atoms with van der Waals surface area (Å²) >= 11 is 6.05. The number of anilines is 3. The minimum absolute atomic E-state index is 0.0773. The number of halogens is 1. The Balaban J connectivity index is 1.69. The van der Waals surface area contributed by atoms with Gasteiger partial charge in [-0.3, -0.25) is 4.79 Å². The first kappa shape index (κ1) is 18.7. The van der Waals surface area contributed by atoms with Crippen LogP contribution >= 0.6 is 11.6 Å². The van der Waals surface area contributed by atoms with Gasteiger partial charge in [0, 0.05) is 0 Å². The number of benzene rings is 2. The lowest BCUT2D eigenvalue weighted by Crippen LogP contribution is -2.13. The van der Waals surface area contributed by atoms with Gasteiger partial charge in [-0.1, -0.05) is 35.9 Å². The average molecular weight is 382 g/mol. The van der Waals surface area contributed by atoms with Crippen LogP contribution in [0.15, 0.2) is 66.9 Å². The number of nitrogens with one attached hydrogen (secondary N) is 2. The van der Waals surface area contributed by atoms with Gasteiger partial charge in [0.15, 0.2) is 0 Å². The number of pyridine rings is 1. The first-order valence-electron chi connectivity index (χ1n) is 8.57. The Hall–Kier alpha value is -3.05. The molecule has 2 N–H and O–H groups in total. The number of hydrogen-bond acceptors (Lipinski definition) is 4. The number of amides is 1. The van der Waals surface area contributed by atoms with Crippen molar-refractivity contribution >= 4 is 34.7 Å². The number of nitrogens with zero attached hydrogens (tertiary/aromatic N) is 1. The quantitative estimate of drug-likeness (QED) is 0.590. The fraction of sp³-hybridized carbons (Fsp3) is 0.143. The fourth-order valence-electron chi connectivity index (χ4n) is 2.45. The zero-order valence-corrected chi connectivity index (χ0v) is 15.8. The Morgan fingerprint density at radius 3 is 2.48 bits per heavy atom. The molecule has 0 unspecified atom stereocenters. The minimum atomic E-state index is -0.301. The van der Waals surface area contributed by atoms with E-state index in [1.54, 1.807) is 36.5 Å². The molecule has 138 valence electrons. The van der Waals surface area contributed by atoms with Crippen LogP contribution in [0.4, 0.5) is 17.2 Å². The van der Waals surface area contributed by atoms with E-state index in [0.717, 1.165) is 17.1 Å². The zero-order valence-electron chi connectivity index (χ0n) is 15.1. The molecule has 1 aromatic heterocycles. The summed E-state index contributed by atoms with van der Waals surface area (Å²) in [4.78, 5) is 16.6. The number of ether oxygens (including phenoxy) is 1. The van der Waals surface area contributed by atoms with E-state index in [4.69, 9.17) is 16.3 Å². The van der Waals surface area contributed by atoms with Gasteiger partial charge in [0.25, 0.3) is 5.91 Å². The van der Waals surface area contributed by atoms with Gasteiger partial charge in [0.05, 0.1) is 34.3 Å². The molecule has 0 aliphatic rings. The summed E-state index contributed by atoms with van der Waals surface area (Å²) < 4.78 is 5.80. The minimum Gasteiger partial charge on any atom is -0.489 e. The topological polar surface area (TPSA) is 63.2 Å². The predicted octanol–water partition coefficient (Wildman–Crippen LogP) is 5.52. The molecule has 3 aromatic rings. The number of hydrogen-bond donors (Lipinski definition) is 2. The SMILES string of the molecule is CC(C)Oc1ccccc1Nc1ccc(NC(=O)c2ccccc2Cl)nc1. The maximum absolute atomic E-state index is 12.3. The summed E-state index contributed by atoms with van der Waals surface area (Å²) in [7, 11) is 0. The smallest absolute Gasteiger partial charge is 0.258 e. The Kier molecular flexibility index (Phi) is 5.94. The van der Waals surface area contributed by atoms with Gasteiger partial charge in [0.2, 0.25) is 0 Å². The van der Waals surface area contributed by atoms with E-state index in [-0.39, 0.29) is 12.0 Å². The molecule has 27 heavy (non-hydrogen) atoms. The van der Waals surface area contributed by atoms with E-state index in [0.29, 0.717) is 16.4 Å². The lowest BCUT2D eigenvalue weighted by atomic mass is 10.2. The van der Waals surface area contributed by atoms with E-state index in [1.807, 2.05) is 44.2 Å². The van der Waals surface area contributed by atoms with Crippen molar-refractivity contribution in [1.29, 1.82) is 0 Å². The summed E-state index contributed by atoms with van der Waals surface area (Å²) in [5.41, 5.74) is 2.04. The normalized spacial score (nSPS) is 10.5. The second-order valence-corrected chi connectivity index (χ2v) is 6.56. The molecule has 2 aromatic carbocycles. The van der Waals surface area contributed by atoms with Crippen LogP contribution in [-0.2, 0) is 0 Å².